The summed E-state index contributed by atoms with van der Waals surface area (Å²) in [6.45, 7) is 0. The Hall–Kier alpha value is -5.48. The Kier molecular flexibility index (Phi) is 5.49. The fraction of sp³-hybridized carbons (Fsp3) is 0.0270. The lowest BCUT2D eigenvalue weighted by atomic mass is 9.95. The third kappa shape index (κ3) is 4.09. The Labute approximate surface area is 237 Å². The minimum Gasteiger partial charge on any atom is -0.455 e. The average Bonchev–Trinajstić information content (AvgIpc) is 3.42. The van der Waals surface area contributed by atoms with Crippen LogP contribution >= 0.6 is 0 Å². The number of furan rings is 1. The molecule has 4 nitrogen and oxygen atoms in total. The quantitative estimate of drug-likeness (QED) is 0.248. The third-order valence-electron chi connectivity index (χ3n) is 7.71. The summed E-state index contributed by atoms with van der Waals surface area (Å²) < 4.78 is 6.68. The van der Waals surface area contributed by atoms with Gasteiger partial charge in [-0.1, -0.05) is 121 Å². The molecule has 0 saturated carbocycles. The molecule has 7 aromatic rings. The number of nitrogens with zero attached hydrogens (tertiary/aromatic N) is 2. The zero-order valence-electron chi connectivity index (χ0n) is 22.2. The van der Waals surface area contributed by atoms with E-state index in [1.165, 1.54) is 10.8 Å². The van der Waals surface area contributed by atoms with Crippen LogP contribution < -0.4 is 5.32 Å². The van der Waals surface area contributed by atoms with Gasteiger partial charge in [-0.25, -0.2) is 9.98 Å². The van der Waals surface area contributed by atoms with E-state index in [-0.39, 0.29) is 6.17 Å². The van der Waals surface area contributed by atoms with E-state index in [1.807, 2.05) is 42.5 Å². The summed E-state index contributed by atoms with van der Waals surface area (Å²) in [5, 5.41) is 8.08. The van der Waals surface area contributed by atoms with Gasteiger partial charge in [0, 0.05) is 27.5 Å². The second-order valence-electron chi connectivity index (χ2n) is 10.3. The molecule has 8 rings (SSSR count). The van der Waals surface area contributed by atoms with E-state index in [2.05, 4.69) is 102 Å². The van der Waals surface area contributed by atoms with Crippen molar-refractivity contribution in [2.45, 2.75) is 6.17 Å². The van der Waals surface area contributed by atoms with Gasteiger partial charge >= 0.3 is 0 Å². The molecule has 0 saturated heterocycles. The van der Waals surface area contributed by atoms with Crippen LogP contribution in [-0.2, 0) is 0 Å². The number of rotatable bonds is 4. The molecule has 2 heterocycles. The summed E-state index contributed by atoms with van der Waals surface area (Å²) in [6, 6.07) is 48.0. The summed E-state index contributed by atoms with van der Waals surface area (Å²) in [7, 11) is 0. The molecule has 6 aromatic carbocycles. The molecule has 4 heteroatoms. The van der Waals surface area contributed by atoms with Crippen molar-refractivity contribution in [1.82, 2.24) is 5.32 Å². The number of nitrogens with one attached hydrogen (secondary N) is 1. The van der Waals surface area contributed by atoms with Gasteiger partial charge in [0.15, 0.2) is 5.84 Å². The average molecular weight is 528 g/mol. The first-order valence-corrected chi connectivity index (χ1v) is 13.8. The highest BCUT2D eigenvalue weighted by molar-refractivity contribution is 6.19. The van der Waals surface area contributed by atoms with E-state index >= 15 is 0 Å². The molecule has 1 unspecified atom stereocenters. The maximum atomic E-state index is 6.68. The minimum absolute atomic E-state index is 0.250. The van der Waals surface area contributed by atoms with Crippen LogP contribution in [0.25, 0.3) is 43.8 Å². The molecule has 1 aliphatic rings. The van der Waals surface area contributed by atoms with Crippen LogP contribution in [0.15, 0.2) is 154 Å². The third-order valence-corrected chi connectivity index (χ3v) is 7.71. The lowest BCUT2D eigenvalue weighted by molar-refractivity contribution is 0.669. The van der Waals surface area contributed by atoms with Crippen LogP contribution in [0.4, 0.5) is 0 Å². The predicted molar refractivity (Wildman–Crippen MR) is 168 cm³/mol. The number of aliphatic imine (C=N–C) groups is 2. The summed E-state index contributed by atoms with van der Waals surface area (Å²) in [4.78, 5) is 10.0. The van der Waals surface area contributed by atoms with Crippen LogP contribution in [0, 0.1) is 0 Å². The van der Waals surface area contributed by atoms with Crippen molar-refractivity contribution in [3.8, 4) is 11.1 Å². The Balaban J connectivity index is 1.32. The first-order valence-electron chi connectivity index (χ1n) is 13.8. The maximum Gasteiger partial charge on any atom is 0.159 e. The zero-order chi connectivity index (χ0) is 27.2. The molecule has 1 atom stereocenters. The lowest BCUT2D eigenvalue weighted by Gasteiger charge is -2.23. The second kappa shape index (κ2) is 9.61. The van der Waals surface area contributed by atoms with Crippen molar-refractivity contribution in [3.05, 3.63) is 156 Å². The van der Waals surface area contributed by atoms with Crippen LogP contribution in [0.2, 0.25) is 0 Å². The van der Waals surface area contributed by atoms with Gasteiger partial charge in [0.2, 0.25) is 0 Å². The molecule has 1 N–H and O–H groups in total. The maximum absolute atomic E-state index is 6.68. The number of hydrogen-bond acceptors (Lipinski definition) is 4. The molecule has 0 bridgehead atoms. The van der Waals surface area contributed by atoms with E-state index < -0.39 is 0 Å². The van der Waals surface area contributed by atoms with Crippen LogP contribution in [0.5, 0.6) is 0 Å². The number of benzene rings is 6. The van der Waals surface area contributed by atoms with Crippen molar-refractivity contribution >= 4 is 44.4 Å². The van der Waals surface area contributed by atoms with Gasteiger partial charge in [-0.2, -0.15) is 0 Å². The van der Waals surface area contributed by atoms with Crippen LogP contribution in [-0.4, -0.2) is 11.7 Å². The van der Waals surface area contributed by atoms with Gasteiger partial charge in [0.25, 0.3) is 0 Å². The van der Waals surface area contributed by atoms with E-state index in [9.17, 15) is 0 Å². The molecule has 0 spiro atoms. The minimum atomic E-state index is -0.250. The second-order valence-corrected chi connectivity index (χ2v) is 10.3. The highest BCUT2D eigenvalue weighted by Crippen LogP contribution is 2.41. The summed E-state index contributed by atoms with van der Waals surface area (Å²) in [5.74, 6) is 1.47. The summed E-state index contributed by atoms with van der Waals surface area (Å²) >= 11 is 0. The van der Waals surface area contributed by atoms with E-state index in [0.717, 1.165) is 55.6 Å². The highest BCUT2D eigenvalue weighted by Gasteiger charge is 2.22. The molecular weight excluding hydrogens is 502 g/mol. The van der Waals surface area contributed by atoms with E-state index in [4.69, 9.17) is 14.4 Å². The predicted octanol–water partition coefficient (Wildman–Crippen LogP) is 8.90. The fourth-order valence-electron chi connectivity index (χ4n) is 5.73. The molecule has 41 heavy (non-hydrogen) atoms. The molecule has 194 valence electrons. The van der Waals surface area contributed by atoms with Crippen molar-refractivity contribution in [3.63, 3.8) is 0 Å². The van der Waals surface area contributed by atoms with E-state index in [0.29, 0.717) is 5.84 Å². The SMILES string of the molecule is c1ccc(C2=NC(c3ccc4c(c3)oc3c(-c5ccccc5)c5ccccc5cc34)=NC(c3ccccc3)N2)cc1. The molecule has 1 aliphatic heterocycles. The molecule has 0 fully saturated rings. The summed E-state index contributed by atoms with van der Waals surface area (Å²) in [5.41, 5.74) is 6.98. The monoisotopic (exact) mass is 527 g/mol. The van der Waals surface area contributed by atoms with Gasteiger partial charge in [0.1, 0.15) is 23.2 Å². The molecule has 0 amide bonds. The van der Waals surface area contributed by atoms with Crippen LogP contribution in [0.1, 0.15) is 22.9 Å². The topological polar surface area (TPSA) is 49.9 Å². The first-order chi connectivity index (χ1) is 20.3. The summed E-state index contributed by atoms with van der Waals surface area (Å²) in [6.07, 6.45) is -0.250. The van der Waals surface area contributed by atoms with Gasteiger partial charge in [-0.05, 0) is 40.1 Å². The van der Waals surface area contributed by atoms with Gasteiger partial charge in [-0.15, -0.1) is 0 Å². The first kappa shape index (κ1) is 23.4. The van der Waals surface area contributed by atoms with Crippen molar-refractivity contribution < 1.29 is 4.42 Å². The Morgan fingerprint density at radius 2 is 1.24 bits per heavy atom. The number of amidine groups is 2. The molecule has 0 radical (unpaired) electrons. The Morgan fingerprint density at radius 1 is 0.561 bits per heavy atom. The van der Waals surface area contributed by atoms with Crippen molar-refractivity contribution in [2.75, 3.05) is 0 Å². The van der Waals surface area contributed by atoms with Crippen LogP contribution in [0.3, 0.4) is 0 Å². The molecule has 1 aromatic heterocycles. The standard InChI is InChI=1S/C37H25N3O/c1-4-12-24(13-5-1)33-29-19-11-10-18-27(29)22-31-30-21-20-28(23-32(30)41-34(31)33)37-39-35(25-14-6-2-7-15-25)38-36(40-37)26-16-8-3-9-17-26/h1-23,35H,(H,38,39,40). The smallest absolute Gasteiger partial charge is 0.159 e. The van der Waals surface area contributed by atoms with Crippen molar-refractivity contribution in [1.29, 1.82) is 0 Å². The van der Waals surface area contributed by atoms with Crippen molar-refractivity contribution in [2.24, 2.45) is 9.98 Å². The number of fused-ring (bicyclic) bond motifs is 4. The lowest BCUT2D eigenvalue weighted by Crippen LogP contribution is -2.33. The van der Waals surface area contributed by atoms with Gasteiger partial charge in [0.05, 0.1) is 0 Å². The number of hydrogen-bond donors (Lipinski definition) is 1. The molecular formula is C37H25N3O. The Bertz CT molecular complexity index is 2110. The largest absolute Gasteiger partial charge is 0.455 e. The highest BCUT2D eigenvalue weighted by atomic mass is 16.3. The molecule has 0 aliphatic carbocycles. The zero-order valence-corrected chi connectivity index (χ0v) is 22.2. The fourth-order valence-corrected chi connectivity index (χ4v) is 5.73. The van der Waals surface area contributed by atoms with Gasteiger partial charge < -0.3 is 9.73 Å². The van der Waals surface area contributed by atoms with E-state index in [1.54, 1.807) is 0 Å². The normalized spacial score (nSPS) is 15.1. The van der Waals surface area contributed by atoms with Gasteiger partial charge in [-0.3, -0.25) is 0 Å². The Morgan fingerprint density at radius 3 is 2.02 bits per heavy atom.